The van der Waals surface area contributed by atoms with E-state index in [2.05, 4.69) is 15.4 Å². The highest BCUT2D eigenvalue weighted by molar-refractivity contribution is 5.90. The van der Waals surface area contributed by atoms with Crippen molar-refractivity contribution in [1.29, 1.82) is 0 Å². The zero-order valence-corrected chi connectivity index (χ0v) is 18.4. The van der Waals surface area contributed by atoms with Crippen molar-refractivity contribution in [2.24, 2.45) is 0 Å². The molecule has 0 radical (unpaired) electrons. The summed E-state index contributed by atoms with van der Waals surface area (Å²) < 4.78 is 22.2. The Morgan fingerprint density at radius 2 is 1.82 bits per heavy atom. The molecule has 34 heavy (non-hydrogen) atoms. The van der Waals surface area contributed by atoms with Crippen LogP contribution in [0, 0.1) is 19.7 Å². The van der Waals surface area contributed by atoms with Crippen LogP contribution in [0.3, 0.4) is 0 Å². The first-order valence-electron chi connectivity index (χ1n) is 10.6. The van der Waals surface area contributed by atoms with Crippen LogP contribution in [0.1, 0.15) is 11.1 Å². The highest BCUT2D eigenvalue weighted by Crippen LogP contribution is 2.26. The molecule has 170 valence electrons. The van der Waals surface area contributed by atoms with Gasteiger partial charge in [0, 0.05) is 5.69 Å². The lowest BCUT2D eigenvalue weighted by Gasteiger charge is -2.07. The van der Waals surface area contributed by atoms with Gasteiger partial charge in [-0.25, -0.2) is 23.3 Å². The number of fused-ring (bicyclic) bond motifs is 3. The molecule has 8 nitrogen and oxygen atoms in total. The predicted molar refractivity (Wildman–Crippen MR) is 126 cm³/mol. The smallest absolute Gasteiger partial charge is 0.351 e. The number of hydrogen-bond acceptors (Lipinski definition) is 5. The van der Waals surface area contributed by atoms with Crippen LogP contribution >= 0.6 is 0 Å². The minimum Gasteiger partial charge on any atom is -0.436 e. The van der Waals surface area contributed by atoms with E-state index in [1.807, 2.05) is 19.1 Å². The van der Waals surface area contributed by atoms with E-state index in [1.165, 1.54) is 10.5 Å². The Hall–Kier alpha value is -4.53. The zero-order valence-electron chi connectivity index (χ0n) is 18.4. The summed E-state index contributed by atoms with van der Waals surface area (Å²) in [6.07, 6.45) is 0. The van der Waals surface area contributed by atoms with E-state index >= 15 is 0 Å². The zero-order chi connectivity index (χ0) is 23.8. The maximum Gasteiger partial charge on any atom is 0.351 e. The summed E-state index contributed by atoms with van der Waals surface area (Å²) in [5, 5.41) is 6.93. The van der Waals surface area contributed by atoms with Crippen molar-refractivity contribution in [2.75, 3.05) is 5.32 Å². The van der Waals surface area contributed by atoms with Gasteiger partial charge < -0.3 is 10.1 Å². The molecule has 0 bridgehead atoms. The lowest BCUT2D eigenvalue weighted by molar-refractivity contribution is -0.117. The summed E-state index contributed by atoms with van der Waals surface area (Å²) in [5.41, 5.74) is 2.56. The Balaban J connectivity index is 1.54. The molecule has 0 aliphatic heterocycles. The summed E-state index contributed by atoms with van der Waals surface area (Å²) in [5.74, 6) is -0.277. The summed E-state index contributed by atoms with van der Waals surface area (Å²) in [4.78, 5) is 30.3. The topological polar surface area (TPSA) is 90.5 Å². The molecule has 0 saturated heterocycles. The number of nitrogens with one attached hydrogen (secondary N) is 1. The SMILES string of the molecule is Cc1ccc(Oc2nc3ccccc3n3c(=O)n(CC(=O)Nc4ccc(C)c(F)c4)nc23)cc1. The van der Waals surface area contributed by atoms with Crippen LogP contribution in [-0.4, -0.2) is 25.1 Å². The normalized spacial score (nSPS) is 11.1. The molecule has 1 N–H and O–H groups in total. The quantitative estimate of drug-likeness (QED) is 0.427. The standard InChI is InChI=1S/C25H20FN5O3/c1-15-7-11-18(12-8-15)34-24-23-29-30(14-22(32)27-17-10-9-16(2)19(26)13-17)25(33)31(23)21-6-4-3-5-20(21)28-24/h3-13H,14H2,1-2H3,(H,27,32). The van der Waals surface area contributed by atoms with Gasteiger partial charge in [-0.3, -0.25) is 4.79 Å². The molecule has 2 aromatic heterocycles. The molecule has 5 rings (SSSR count). The van der Waals surface area contributed by atoms with Gasteiger partial charge in [-0.2, -0.15) is 0 Å². The van der Waals surface area contributed by atoms with Gasteiger partial charge in [0.25, 0.3) is 5.88 Å². The molecule has 0 aliphatic carbocycles. The van der Waals surface area contributed by atoms with Crippen molar-refractivity contribution < 1.29 is 13.9 Å². The van der Waals surface area contributed by atoms with Gasteiger partial charge in [-0.05, 0) is 55.8 Å². The van der Waals surface area contributed by atoms with Crippen LogP contribution in [0.4, 0.5) is 10.1 Å². The average molecular weight is 457 g/mol. The number of carbonyl (C=O) groups is 1. The highest BCUT2D eigenvalue weighted by Gasteiger charge is 2.19. The van der Waals surface area contributed by atoms with Gasteiger partial charge in [0.1, 0.15) is 18.1 Å². The van der Waals surface area contributed by atoms with E-state index in [9.17, 15) is 14.0 Å². The van der Waals surface area contributed by atoms with Crippen molar-refractivity contribution in [3.8, 4) is 11.6 Å². The lowest BCUT2D eigenvalue weighted by atomic mass is 10.2. The Kier molecular flexibility index (Phi) is 5.29. The minimum atomic E-state index is -0.521. The first-order chi connectivity index (χ1) is 16.4. The van der Waals surface area contributed by atoms with E-state index in [0.717, 1.165) is 10.2 Å². The molecular weight excluding hydrogens is 437 g/mol. The van der Waals surface area contributed by atoms with E-state index in [-0.39, 0.29) is 18.1 Å². The minimum absolute atomic E-state index is 0.138. The van der Waals surface area contributed by atoms with Gasteiger partial charge in [-0.1, -0.05) is 35.9 Å². The van der Waals surface area contributed by atoms with Crippen molar-refractivity contribution in [3.63, 3.8) is 0 Å². The summed E-state index contributed by atoms with van der Waals surface area (Å²) in [6.45, 7) is 3.23. The van der Waals surface area contributed by atoms with E-state index in [4.69, 9.17) is 4.74 Å². The number of benzene rings is 3. The monoisotopic (exact) mass is 457 g/mol. The molecule has 0 aliphatic rings. The molecule has 5 aromatic rings. The predicted octanol–water partition coefficient (Wildman–Crippen LogP) is 4.23. The van der Waals surface area contributed by atoms with Gasteiger partial charge in [-0.15, -0.1) is 5.10 Å². The third-order valence-electron chi connectivity index (χ3n) is 5.36. The first-order valence-corrected chi connectivity index (χ1v) is 10.6. The fourth-order valence-corrected chi connectivity index (χ4v) is 3.57. The van der Waals surface area contributed by atoms with Crippen molar-refractivity contribution in [1.82, 2.24) is 19.2 Å². The molecule has 0 fully saturated rings. The maximum atomic E-state index is 13.8. The lowest BCUT2D eigenvalue weighted by Crippen LogP contribution is -2.28. The Morgan fingerprint density at radius 3 is 2.59 bits per heavy atom. The molecule has 3 aromatic carbocycles. The van der Waals surface area contributed by atoms with Crippen molar-refractivity contribution in [3.05, 3.63) is 94.2 Å². The number of hydrogen-bond donors (Lipinski definition) is 1. The second kappa shape index (κ2) is 8.43. The maximum absolute atomic E-state index is 13.8. The van der Waals surface area contributed by atoms with Crippen LogP contribution < -0.4 is 15.7 Å². The third kappa shape index (κ3) is 3.99. The number of rotatable bonds is 5. The number of aromatic nitrogens is 4. The number of amides is 1. The number of para-hydroxylation sites is 2. The average Bonchev–Trinajstić information content (AvgIpc) is 3.14. The molecule has 0 saturated carbocycles. The van der Waals surface area contributed by atoms with Crippen molar-refractivity contribution in [2.45, 2.75) is 20.4 Å². The van der Waals surface area contributed by atoms with Gasteiger partial charge in [0.15, 0.2) is 0 Å². The molecule has 0 spiro atoms. The number of nitrogens with zero attached hydrogens (tertiary/aromatic N) is 4. The second-order valence-electron chi connectivity index (χ2n) is 7.93. The molecular formula is C25H20FN5O3. The summed E-state index contributed by atoms with van der Waals surface area (Å²) in [6, 6.07) is 18.9. The fourth-order valence-electron chi connectivity index (χ4n) is 3.57. The van der Waals surface area contributed by atoms with Gasteiger partial charge in [0.05, 0.1) is 11.0 Å². The number of carbonyl (C=O) groups excluding carboxylic acids is 1. The van der Waals surface area contributed by atoms with Crippen molar-refractivity contribution >= 4 is 28.3 Å². The highest BCUT2D eigenvalue weighted by atomic mass is 19.1. The molecule has 1 amide bonds. The fraction of sp³-hybridized carbons (Fsp3) is 0.120. The van der Waals surface area contributed by atoms with Crippen LogP contribution in [0.5, 0.6) is 11.6 Å². The summed E-state index contributed by atoms with van der Waals surface area (Å²) >= 11 is 0. The number of aryl methyl sites for hydroxylation is 2. The summed E-state index contributed by atoms with van der Waals surface area (Å²) in [7, 11) is 0. The number of anilines is 1. The first kappa shape index (κ1) is 21.3. The van der Waals surface area contributed by atoms with E-state index < -0.39 is 17.4 Å². The van der Waals surface area contributed by atoms with E-state index in [1.54, 1.807) is 55.5 Å². The molecule has 9 heteroatoms. The number of halogens is 1. The Bertz CT molecular complexity index is 1610. The Morgan fingerprint density at radius 1 is 1.06 bits per heavy atom. The second-order valence-corrected chi connectivity index (χ2v) is 7.93. The third-order valence-corrected chi connectivity index (χ3v) is 5.36. The van der Waals surface area contributed by atoms with Gasteiger partial charge in [0.2, 0.25) is 11.6 Å². The van der Waals surface area contributed by atoms with Crippen LogP contribution in [0.2, 0.25) is 0 Å². The molecule has 0 atom stereocenters. The van der Waals surface area contributed by atoms with Gasteiger partial charge >= 0.3 is 5.69 Å². The largest absolute Gasteiger partial charge is 0.436 e. The van der Waals surface area contributed by atoms with Crippen LogP contribution in [0.25, 0.3) is 16.7 Å². The molecule has 2 heterocycles. The number of ether oxygens (including phenoxy) is 1. The van der Waals surface area contributed by atoms with Crippen LogP contribution in [0.15, 0.2) is 71.5 Å². The molecule has 0 unspecified atom stereocenters. The van der Waals surface area contributed by atoms with E-state index in [0.29, 0.717) is 28.0 Å². The van der Waals surface area contributed by atoms with Crippen LogP contribution in [-0.2, 0) is 11.3 Å². The Labute approximate surface area is 193 Å².